The van der Waals surface area contributed by atoms with Gasteiger partial charge < -0.3 is 10.6 Å². The number of carbonyl (C=O) groups excluding carboxylic acids is 1. The lowest BCUT2D eigenvalue weighted by atomic mass is 10.2. The van der Waals surface area contributed by atoms with Gasteiger partial charge in [-0.15, -0.1) is 0 Å². The molecule has 0 aliphatic carbocycles. The van der Waals surface area contributed by atoms with Crippen LogP contribution in [-0.4, -0.2) is 26.0 Å². The molecule has 0 bridgehead atoms. The van der Waals surface area contributed by atoms with Gasteiger partial charge in [-0.3, -0.25) is 4.79 Å². The number of likely N-dealkylation sites (N-methyl/N-ethyl adjacent to an activating group) is 1. The van der Waals surface area contributed by atoms with E-state index in [0.29, 0.717) is 17.1 Å². The first kappa shape index (κ1) is 11.0. The number of nitrogens with one attached hydrogen (secondary N) is 2. The van der Waals surface area contributed by atoms with E-state index in [9.17, 15) is 4.79 Å². The first-order valence-electron chi connectivity index (χ1n) is 4.42. The number of hydrogen-bond donors (Lipinski definition) is 2. The minimum absolute atomic E-state index is 0.0723. The molecule has 0 aliphatic rings. The second-order valence-corrected chi connectivity index (χ2v) is 3.30. The van der Waals surface area contributed by atoms with Gasteiger partial charge in [0.1, 0.15) is 0 Å². The maximum atomic E-state index is 11.4. The van der Waals surface area contributed by atoms with Crippen molar-refractivity contribution in [2.45, 2.75) is 0 Å². The van der Waals surface area contributed by atoms with Crippen LogP contribution in [0.5, 0.6) is 0 Å². The largest absolute Gasteiger partial charge is 0.351 e. The Morgan fingerprint density at radius 3 is 2.50 bits per heavy atom. The third kappa shape index (κ3) is 3.36. The van der Waals surface area contributed by atoms with Crippen molar-refractivity contribution in [3.8, 4) is 0 Å². The van der Waals surface area contributed by atoms with Gasteiger partial charge in [0.05, 0.1) is 0 Å². The highest BCUT2D eigenvalue weighted by molar-refractivity contribution is 6.30. The summed E-state index contributed by atoms with van der Waals surface area (Å²) in [6.45, 7) is 1.39. The minimum atomic E-state index is -0.0723. The quantitative estimate of drug-likeness (QED) is 0.739. The van der Waals surface area contributed by atoms with E-state index in [1.807, 2.05) is 7.05 Å². The molecule has 0 radical (unpaired) electrons. The van der Waals surface area contributed by atoms with Crippen LogP contribution in [0.15, 0.2) is 24.3 Å². The first-order valence-corrected chi connectivity index (χ1v) is 4.80. The van der Waals surface area contributed by atoms with Crippen LogP contribution < -0.4 is 10.6 Å². The summed E-state index contributed by atoms with van der Waals surface area (Å²) in [5.74, 6) is -0.0723. The molecule has 0 aliphatic heterocycles. The molecule has 4 heteroatoms. The molecule has 0 unspecified atom stereocenters. The van der Waals surface area contributed by atoms with Crippen molar-refractivity contribution < 1.29 is 4.79 Å². The molecule has 0 heterocycles. The van der Waals surface area contributed by atoms with Crippen molar-refractivity contribution in [3.05, 3.63) is 34.9 Å². The van der Waals surface area contributed by atoms with Crippen molar-refractivity contribution in [1.82, 2.24) is 10.6 Å². The van der Waals surface area contributed by atoms with Crippen LogP contribution >= 0.6 is 11.6 Å². The Labute approximate surface area is 88.5 Å². The predicted molar refractivity (Wildman–Crippen MR) is 57.7 cm³/mol. The number of hydrogen-bond acceptors (Lipinski definition) is 2. The maximum Gasteiger partial charge on any atom is 0.251 e. The third-order valence-electron chi connectivity index (χ3n) is 1.77. The van der Waals surface area contributed by atoms with E-state index in [-0.39, 0.29) is 5.91 Å². The third-order valence-corrected chi connectivity index (χ3v) is 2.02. The molecule has 0 fully saturated rings. The van der Waals surface area contributed by atoms with Crippen LogP contribution in [0.3, 0.4) is 0 Å². The molecule has 0 saturated heterocycles. The highest BCUT2D eigenvalue weighted by Crippen LogP contribution is 2.08. The lowest BCUT2D eigenvalue weighted by Gasteiger charge is -2.04. The Bertz CT molecular complexity index is 297. The molecule has 14 heavy (non-hydrogen) atoms. The molecule has 1 aromatic carbocycles. The summed E-state index contributed by atoms with van der Waals surface area (Å²) in [5.41, 5.74) is 0.630. The summed E-state index contributed by atoms with van der Waals surface area (Å²) >= 11 is 5.70. The Kier molecular flexibility index (Phi) is 4.43. The summed E-state index contributed by atoms with van der Waals surface area (Å²) in [5, 5.41) is 6.36. The lowest BCUT2D eigenvalue weighted by molar-refractivity contribution is 0.0954. The van der Waals surface area contributed by atoms with Crippen molar-refractivity contribution in [2.75, 3.05) is 20.1 Å². The Balaban J connectivity index is 2.48. The number of rotatable bonds is 4. The Hall–Kier alpha value is -1.06. The molecule has 1 amide bonds. The van der Waals surface area contributed by atoms with Crippen molar-refractivity contribution >= 4 is 17.5 Å². The average molecular weight is 213 g/mol. The Morgan fingerprint density at radius 1 is 1.29 bits per heavy atom. The zero-order valence-corrected chi connectivity index (χ0v) is 8.77. The molecule has 0 atom stereocenters. The van der Waals surface area contributed by atoms with Crippen LogP contribution in [0.2, 0.25) is 5.02 Å². The van der Waals surface area contributed by atoms with Crippen molar-refractivity contribution in [1.29, 1.82) is 0 Å². The number of amides is 1. The molecule has 0 saturated carbocycles. The van der Waals surface area contributed by atoms with E-state index in [1.54, 1.807) is 24.3 Å². The van der Waals surface area contributed by atoms with Gasteiger partial charge in [-0.2, -0.15) is 0 Å². The van der Waals surface area contributed by atoms with Gasteiger partial charge in [-0.05, 0) is 31.3 Å². The fourth-order valence-corrected chi connectivity index (χ4v) is 1.13. The van der Waals surface area contributed by atoms with Gasteiger partial charge in [0, 0.05) is 23.7 Å². The summed E-state index contributed by atoms with van der Waals surface area (Å²) in [6.07, 6.45) is 0. The van der Waals surface area contributed by atoms with Gasteiger partial charge in [0.2, 0.25) is 0 Å². The second-order valence-electron chi connectivity index (χ2n) is 2.87. The van der Waals surface area contributed by atoms with E-state index in [1.165, 1.54) is 0 Å². The summed E-state index contributed by atoms with van der Waals surface area (Å²) < 4.78 is 0. The highest BCUT2D eigenvalue weighted by Gasteiger charge is 2.02. The SMILES string of the molecule is CNCCNC(=O)c1ccc(Cl)cc1. The molecule has 0 spiro atoms. The molecule has 1 rings (SSSR count). The Morgan fingerprint density at radius 2 is 1.93 bits per heavy atom. The minimum Gasteiger partial charge on any atom is -0.351 e. The number of benzene rings is 1. The van der Waals surface area contributed by atoms with Crippen LogP contribution in [0, 0.1) is 0 Å². The fraction of sp³-hybridized carbons (Fsp3) is 0.300. The van der Waals surface area contributed by atoms with Crippen molar-refractivity contribution in [2.24, 2.45) is 0 Å². The zero-order valence-electron chi connectivity index (χ0n) is 8.01. The molecule has 0 aromatic heterocycles. The van der Waals surface area contributed by atoms with E-state index in [4.69, 9.17) is 11.6 Å². The monoisotopic (exact) mass is 212 g/mol. The van der Waals surface area contributed by atoms with Gasteiger partial charge in [0.15, 0.2) is 0 Å². The molecule has 3 nitrogen and oxygen atoms in total. The van der Waals surface area contributed by atoms with Gasteiger partial charge in [-0.1, -0.05) is 11.6 Å². The van der Waals surface area contributed by atoms with E-state index in [2.05, 4.69) is 10.6 Å². The molecular weight excluding hydrogens is 200 g/mol. The van der Waals surface area contributed by atoms with Crippen LogP contribution in [-0.2, 0) is 0 Å². The van der Waals surface area contributed by atoms with E-state index in [0.717, 1.165) is 6.54 Å². The highest BCUT2D eigenvalue weighted by atomic mass is 35.5. The topological polar surface area (TPSA) is 41.1 Å². The summed E-state index contributed by atoms with van der Waals surface area (Å²) in [4.78, 5) is 11.4. The first-order chi connectivity index (χ1) is 6.74. The van der Waals surface area contributed by atoms with E-state index >= 15 is 0 Å². The van der Waals surface area contributed by atoms with Crippen LogP contribution in [0.1, 0.15) is 10.4 Å². The molecular formula is C10H13ClN2O. The summed E-state index contributed by atoms with van der Waals surface area (Å²) in [6, 6.07) is 6.82. The molecule has 2 N–H and O–H groups in total. The molecule has 76 valence electrons. The standard InChI is InChI=1S/C10H13ClN2O/c1-12-6-7-13-10(14)8-2-4-9(11)5-3-8/h2-5,12H,6-7H2,1H3,(H,13,14). The molecule has 1 aromatic rings. The summed E-state index contributed by atoms with van der Waals surface area (Å²) in [7, 11) is 1.84. The second kappa shape index (κ2) is 5.62. The van der Waals surface area contributed by atoms with E-state index < -0.39 is 0 Å². The van der Waals surface area contributed by atoms with Crippen molar-refractivity contribution in [3.63, 3.8) is 0 Å². The van der Waals surface area contributed by atoms with Gasteiger partial charge >= 0.3 is 0 Å². The predicted octanol–water partition coefficient (Wildman–Crippen LogP) is 1.29. The number of carbonyl (C=O) groups is 1. The van der Waals surface area contributed by atoms with Crippen LogP contribution in [0.25, 0.3) is 0 Å². The van der Waals surface area contributed by atoms with Crippen LogP contribution in [0.4, 0.5) is 0 Å². The van der Waals surface area contributed by atoms with Gasteiger partial charge in [0.25, 0.3) is 5.91 Å². The van der Waals surface area contributed by atoms with Gasteiger partial charge in [-0.25, -0.2) is 0 Å². The average Bonchev–Trinajstić information content (AvgIpc) is 2.19. The fourth-order valence-electron chi connectivity index (χ4n) is 1.00. The zero-order chi connectivity index (χ0) is 10.4. The smallest absolute Gasteiger partial charge is 0.251 e. The lowest BCUT2D eigenvalue weighted by Crippen LogP contribution is -2.30. The number of halogens is 1. The maximum absolute atomic E-state index is 11.4. The normalized spacial score (nSPS) is 9.86.